The van der Waals surface area contributed by atoms with Crippen molar-refractivity contribution in [2.24, 2.45) is 0 Å². The highest BCUT2D eigenvalue weighted by molar-refractivity contribution is 7.80. The summed E-state index contributed by atoms with van der Waals surface area (Å²) in [4.78, 5) is 0. The van der Waals surface area contributed by atoms with Gasteiger partial charge in [-0.25, -0.2) is 0 Å². The molecule has 2 rings (SSSR count). The number of hydrogen-bond acceptors (Lipinski definition) is 2. The average Bonchev–Trinajstić information content (AvgIpc) is 2.83. The minimum atomic E-state index is 0.189. The van der Waals surface area contributed by atoms with Crippen molar-refractivity contribution < 1.29 is 0 Å². The fourth-order valence-corrected chi connectivity index (χ4v) is 2.55. The third kappa shape index (κ3) is 5.00. The van der Waals surface area contributed by atoms with E-state index in [4.69, 9.17) is 23.8 Å². The summed E-state index contributed by atoms with van der Waals surface area (Å²) in [6.07, 6.45) is 2.78. The Morgan fingerprint density at radius 1 is 1.36 bits per heavy atom. The summed E-state index contributed by atoms with van der Waals surface area (Å²) in [5, 5.41) is 12.2. The number of aryl methyl sites for hydroxylation is 2. The lowest BCUT2D eigenvalue weighted by Crippen LogP contribution is -2.37. The van der Waals surface area contributed by atoms with Crippen LogP contribution in [0, 0.1) is 6.92 Å². The van der Waals surface area contributed by atoms with Crippen LogP contribution < -0.4 is 10.6 Å². The second-order valence-corrected chi connectivity index (χ2v) is 6.03. The first-order valence-corrected chi connectivity index (χ1v) is 8.13. The van der Waals surface area contributed by atoms with Gasteiger partial charge in [0.2, 0.25) is 0 Å². The second-order valence-electron chi connectivity index (χ2n) is 5.21. The van der Waals surface area contributed by atoms with Crippen LogP contribution in [0.5, 0.6) is 0 Å². The molecule has 0 amide bonds. The van der Waals surface area contributed by atoms with Crippen molar-refractivity contribution >= 4 is 28.9 Å². The minimum Gasteiger partial charge on any atom is -0.363 e. The van der Waals surface area contributed by atoms with E-state index in [9.17, 15) is 0 Å². The predicted molar refractivity (Wildman–Crippen MR) is 95.2 cm³/mol. The van der Waals surface area contributed by atoms with E-state index in [1.807, 2.05) is 36.0 Å². The number of halogens is 1. The van der Waals surface area contributed by atoms with Crippen molar-refractivity contribution in [2.45, 2.75) is 32.9 Å². The fraction of sp³-hybridized carbons (Fsp3) is 0.375. The Kier molecular flexibility index (Phi) is 6.21. The number of nitrogens with one attached hydrogen (secondary N) is 2. The largest absolute Gasteiger partial charge is 0.363 e. The number of rotatable bonds is 6. The van der Waals surface area contributed by atoms with Crippen LogP contribution >= 0.6 is 23.8 Å². The molecule has 1 heterocycles. The first kappa shape index (κ1) is 16.8. The second kappa shape index (κ2) is 8.15. The lowest BCUT2D eigenvalue weighted by Gasteiger charge is -2.17. The monoisotopic (exact) mass is 336 g/mol. The molecule has 0 bridgehead atoms. The van der Waals surface area contributed by atoms with Crippen molar-refractivity contribution in [3.05, 3.63) is 52.8 Å². The lowest BCUT2D eigenvalue weighted by atomic mass is 10.1. The van der Waals surface area contributed by atoms with Gasteiger partial charge in [-0.1, -0.05) is 41.9 Å². The van der Waals surface area contributed by atoms with Crippen LogP contribution in [0.2, 0.25) is 5.02 Å². The molecular weight excluding hydrogens is 316 g/mol. The van der Waals surface area contributed by atoms with E-state index < -0.39 is 0 Å². The molecule has 2 aromatic rings. The zero-order chi connectivity index (χ0) is 15.9. The van der Waals surface area contributed by atoms with Crippen molar-refractivity contribution in [3.8, 4) is 0 Å². The van der Waals surface area contributed by atoms with Gasteiger partial charge in [-0.05, 0) is 38.0 Å². The van der Waals surface area contributed by atoms with Crippen molar-refractivity contribution in [1.82, 2.24) is 20.4 Å². The van der Waals surface area contributed by atoms with Gasteiger partial charge in [-0.15, -0.1) is 0 Å². The molecule has 0 aliphatic heterocycles. The molecule has 0 fully saturated rings. The van der Waals surface area contributed by atoms with Gasteiger partial charge in [0.25, 0.3) is 0 Å². The van der Waals surface area contributed by atoms with Crippen LogP contribution in [-0.4, -0.2) is 21.4 Å². The molecule has 0 radical (unpaired) electrons. The van der Waals surface area contributed by atoms with Crippen LogP contribution in [0.3, 0.4) is 0 Å². The molecule has 0 saturated heterocycles. The van der Waals surface area contributed by atoms with Gasteiger partial charge in [-0.2, -0.15) is 5.10 Å². The molecule has 0 saturated carbocycles. The van der Waals surface area contributed by atoms with E-state index in [2.05, 4.69) is 34.8 Å². The first-order chi connectivity index (χ1) is 10.6. The van der Waals surface area contributed by atoms with Gasteiger partial charge in [0.05, 0.1) is 16.8 Å². The van der Waals surface area contributed by atoms with E-state index in [0.29, 0.717) is 10.1 Å². The standard InChI is InChI=1S/C16H21ClN4S/c1-12(14-7-4-3-5-8-14)19-16(22)18-9-6-10-21-11-15(17)13(2)20-21/h3-5,7-8,11-12H,6,9-10H2,1-2H3,(H2,18,19,22). The molecule has 6 heteroatoms. The van der Waals surface area contributed by atoms with Crippen LogP contribution in [0.1, 0.15) is 30.6 Å². The van der Waals surface area contributed by atoms with Crippen LogP contribution in [-0.2, 0) is 6.54 Å². The zero-order valence-corrected chi connectivity index (χ0v) is 14.4. The Hall–Kier alpha value is -1.59. The predicted octanol–water partition coefficient (Wildman–Crippen LogP) is 3.46. The van der Waals surface area contributed by atoms with Crippen LogP contribution in [0.25, 0.3) is 0 Å². The molecular formula is C16H21ClN4S. The van der Waals surface area contributed by atoms with E-state index in [-0.39, 0.29) is 6.04 Å². The molecule has 4 nitrogen and oxygen atoms in total. The number of benzene rings is 1. The summed E-state index contributed by atoms with van der Waals surface area (Å²) in [6, 6.07) is 10.4. The first-order valence-electron chi connectivity index (χ1n) is 7.35. The summed E-state index contributed by atoms with van der Waals surface area (Å²) < 4.78 is 1.86. The molecule has 1 atom stereocenters. The number of aromatic nitrogens is 2. The summed E-state index contributed by atoms with van der Waals surface area (Å²) in [7, 11) is 0. The van der Waals surface area contributed by atoms with Crippen LogP contribution in [0.15, 0.2) is 36.5 Å². The molecule has 1 aromatic heterocycles. The van der Waals surface area contributed by atoms with Gasteiger partial charge in [0.1, 0.15) is 0 Å². The lowest BCUT2D eigenvalue weighted by molar-refractivity contribution is 0.566. The topological polar surface area (TPSA) is 41.9 Å². The average molecular weight is 337 g/mol. The number of nitrogens with zero attached hydrogens (tertiary/aromatic N) is 2. The van der Waals surface area contributed by atoms with Gasteiger partial charge in [0, 0.05) is 19.3 Å². The molecule has 118 valence electrons. The Bertz CT molecular complexity index is 592. The third-order valence-corrected chi connectivity index (χ3v) is 4.02. The van der Waals surface area contributed by atoms with E-state index in [1.54, 1.807) is 0 Å². The Balaban J connectivity index is 1.67. The molecule has 22 heavy (non-hydrogen) atoms. The highest BCUT2D eigenvalue weighted by atomic mass is 35.5. The fourth-order valence-electron chi connectivity index (χ4n) is 2.12. The molecule has 1 aromatic carbocycles. The molecule has 0 aliphatic rings. The molecule has 0 aliphatic carbocycles. The van der Waals surface area contributed by atoms with Crippen molar-refractivity contribution in [3.63, 3.8) is 0 Å². The SMILES string of the molecule is Cc1nn(CCCNC(=S)NC(C)c2ccccc2)cc1Cl. The summed E-state index contributed by atoms with van der Waals surface area (Å²) >= 11 is 11.3. The van der Waals surface area contributed by atoms with Crippen molar-refractivity contribution in [2.75, 3.05) is 6.54 Å². The highest BCUT2D eigenvalue weighted by Gasteiger charge is 2.06. The molecule has 2 N–H and O–H groups in total. The maximum atomic E-state index is 5.98. The molecule has 0 spiro atoms. The smallest absolute Gasteiger partial charge is 0.166 e. The Morgan fingerprint density at radius 3 is 2.73 bits per heavy atom. The van der Waals surface area contributed by atoms with Gasteiger partial charge in [0.15, 0.2) is 5.11 Å². The number of hydrogen-bond donors (Lipinski definition) is 2. The van der Waals surface area contributed by atoms with Gasteiger partial charge in [-0.3, -0.25) is 4.68 Å². The number of thiocarbonyl (C=S) groups is 1. The maximum absolute atomic E-state index is 5.98. The van der Waals surface area contributed by atoms with E-state index >= 15 is 0 Å². The normalized spacial score (nSPS) is 12.0. The van der Waals surface area contributed by atoms with E-state index in [0.717, 1.165) is 25.2 Å². The summed E-state index contributed by atoms with van der Waals surface area (Å²) in [5.74, 6) is 0. The van der Waals surface area contributed by atoms with Crippen molar-refractivity contribution in [1.29, 1.82) is 0 Å². The van der Waals surface area contributed by atoms with E-state index in [1.165, 1.54) is 5.56 Å². The molecule has 1 unspecified atom stereocenters. The van der Waals surface area contributed by atoms with Gasteiger partial charge < -0.3 is 10.6 Å². The third-order valence-electron chi connectivity index (χ3n) is 3.38. The van der Waals surface area contributed by atoms with Gasteiger partial charge >= 0.3 is 0 Å². The Morgan fingerprint density at radius 2 is 2.09 bits per heavy atom. The quantitative estimate of drug-likeness (QED) is 0.626. The minimum absolute atomic E-state index is 0.189. The summed E-state index contributed by atoms with van der Waals surface area (Å²) in [5.41, 5.74) is 2.08. The highest BCUT2D eigenvalue weighted by Crippen LogP contribution is 2.12. The van der Waals surface area contributed by atoms with Crippen LogP contribution in [0.4, 0.5) is 0 Å². The maximum Gasteiger partial charge on any atom is 0.166 e. The summed E-state index contributed by atoms with van der Waals surface area (Å²) in [6.45, 7) is 5.61. The zero-order valence-electron chi connectivity index (χ0n) is 12.8. The Labute approximate surface area is 141 Å².